The number of rotatable bonds is 8. The molecule has 8 N–H and O–H groups in total. The van der Waals surface area contributed by atoms with E-state index in [1.54, 1.807) is 36.7 Å². The summed E-state index contributed by atoms with van der Waals surface area (Å²) in [6.07, 6.45) is -6.57. The van der Waals surface area contributed by atoms with E-state index in [4.69, 9.17) is 0 Å². The molecule has 2 fully saturated rings. The van der Waals surface area contributed by atoms with E-state index in [1.807, 2.05) is 26.0 Å². The molecule has 6 heterocycles. The molecule has 0 saturated carbocycles. The average Bonchev–Trinajstić information content (AvgIpc) is 3.92. The maximum Gasteiger partial charge on any atom is 0.433 e. The molecule has 0 spiro atoms. The second kappa shape index (κ2) is 19.0. The smallest absolute Gasteiger partial charge is 0.389 e. The molecule has 24 heteroatoms. The Bertz CT molecular complexity index is 2590. The lowest BCUT2D eigenvalue weighted by atomic mass is 9.92. The predicted octanol–water partition coefficient (Wildman–Crippen LogP) is 6.26. The van der Waals surface area contributed by atoms with Gasteiger partial charge in [-0.1, -0.05) is 12.1 Å². The van der Waals surface area contributed by atoms with Gasteiger partial charge in [0, 0.05) is 62.1 Å². The lowest BCUT2D eigenvalue weighted by molar-refractivity contribution is -0.141. The molecule has 4 unspecified atom stereocenters. The summed E-state index contributed by atoms with van der Waals surface area (Å²) in [5.41, 5.74) is -1.45. The summed E-state index contributed by atoms with van der Waals surface area (Å²) in [5.74, 6) is -0.992. The number of carbonyl (C=O) groups excluding carboxylic acids is 2. The first-order valence-corrected chi connectivity index (χ1v) is 21.6. The maximum atomic E-state index is 12.9. The van der Waals surface area contributed by atoms with Gasteiger partial charge in [0.25, 0.3) is 0 Å². The summed E-state index contributed by atoms with van der Waals surface area (Å²) < 4.78 is 77.6. The molecule has 0 aliphatic carbocycles. The molecule has 8 rings (SSSR count). The van der Waals surface area contributed by atoms with Gasteiger partial charge >= 0.3 is 12.4 Å². The van der Waals surface area contributed by atoms with Crippen LogP contribution in [0.5, 0.6) is 0 Å². The summed E-state index contributed by atoms with van der Waals surface area (Å²) in [7, 11) is 0. The molecule has 2 aliphatic rings. The van der Waals surface area contributed by atoms with Crippen molar-refractivity contribution in [1.29, 1.82) is 0 Å². The number of thiazole rings is 2. The van der Waals surface area contributed by atoms with Crippen molar-refractivity contribution in [2.75, 3.05) is 23.7 Å². The highest BCUT2D eigenvalue weighted by Gasteiger charge is 2.44. The van der Waals surface area contributed by atoms with Gasteiger partial charge < -0.3 is 41.7 Å². The Morgan fingerprint density at radius 2 is 1.15 bits per heavy atom. The molecule has 2 amide bonds. The van der Waals surface area contributed by atoms with Crippen molar-refractivity contribution in [2.45, 2.75) is 75.3 Å². The number of aromatic nitrogens is 6. The van der Waals surface area contributed by atoms with Gasteiger partial charge in [0.2, 0.25) is 23.7 Å². The molecule has 66 heavy (non-hydrogen) atoms. The summed E-state index contributed by atoms with van der Waals surface area (Å²) in [6.45, 7) is 3.77. The molecule has 2 aliphatic heterocycles. The van der Waals surface area contributed by atoms with Gasteiger partial charge in [0.15, 0.2) is 0 Å². The zero-order chi connectivity index (χ0) is 47.6. The van der Waals surface area contributed by atoms with E-state index in [2.05, 4.69) is 51.2 Å². The van der Waals surface area contributed by atoms with Gasteiger partial charge in [-0.25, -0.2) is 29.9 Å². The second-order valence-corrected chi connectivity index (χ2v) is 17.6. The number of carbonyl (C=O) groups is 2. The second-order valence-electron chi connectivity index (χ2n) is 15.5. The fraction of sp³-hybridized carbons (Fsp3) is 0.333. The first kappa shape index (κ1) is 47.8. The van der Waals surface area contributed by atoms with E-state index in [0.29, 0.717) is 32.3 Å². The minimum Gasteiger partial charge on any atom is -0.389 e. The van der Waals surface area contributed by atoms with Crippen LogP contribution < -0.4 is 21.3 Å². The first-order chi connectivity index (χ1) is 31.1. The zero-order valence-corrected chi connectivity index (χ0v) is 36.3. The number of nitrogens with zero attached hydrogens (tertiary/aromatic N) is 6. The van der Waals surface area contributed by atoms with Gasteiger partial charge in [0.05, 0.1) is 22.3 Å². The van der Waals surface area contributed by atoms with E-state index in [0.717, 1.165) is 35.7 Å². The highest BCUT2D eigenvalue weighted by atomic mass is 32.1. The van der Waals surface area contributed by atoms with Crippen LogP contribution in [0.1, 0.15) is 58.2 Å². The topological polar surface area (TPSA) is 241 Å². The van der Waals surface area contributed by atoms with Crippen LogP contribution in [0.25, 0.3) is 20.9 Å². The van der Waals surface area contributed by atoms with Gasteiger partial charge in [-0.15, -0.1) is 22.7 Å². The van der Waals surface area contributed by atoms with Crippen molar-refractivity contribution in [3.63, 3.8) is 0 Å². The van der Waals surface area contributed by atoms with Gasteiger partial charge in [-0.05, 0) is 78.9 Å². The Hall–Kier alpha value is -6.18. The Kier molecular flexibility index (Phi) is 13.7. The summed E-state index contributed by atoms with van der Waals surface area (Å²) >= 11 is 2.33. The molecule has 4 atom stereocenters. The maximum absolute atomic E-state index is 12.9. The largest absolute Gasteiger partial charge is 0.433 e. The Morgan fingerprint density at radius 3 is 1.64 bits per heavy atom. The van der Waals surface area contributed by atoms with Crippen LogP contribution in [0.3, 0.4) is 0 Å². The summed E-state index contributed by atoms with van der Waals surface area (Å²) in [5, 5.41) is 54.2. The predicted molar refractivity (Wildman–Crippen MR) is 230 cm³/mol. The third kappa shape index (κ3) is 11.1. The lowest BCUT2D eigenvalue weighted by Crippen LogP contribution is -2.43. The Labute approximate surface area is 379 Å². The molecular weight excluding hydrogens is 919 g/mol. The van der Waals surface area contributed by atoms with Gasteiger partial charge in [-0.3, -0.25) is 9.59 Å². The van der Waals surface area contributed by atoms with Crippen LogP contribution in [0.15, 0.2) is 73.3 Å². The number of benzene rings is 2. The average molecular weight is 959 g/mol. The fourth-order valence-electron chi connectivity index (χ4n) is 7.04. The van der Waals surface area contributed by atoms with Crippen LogP contribution in [-0.4, -0.2) is 87.4 Å². The Balaban J connectivity index is 0.000000196. The number of anilines is 4. The van der Waals surface area contributed by atoms with E-state index in [-0.39, 0.29) is 72.5 Å². The van der Waals surface area contributed by atoms with Crippen LogP contribution in [-0.2, 0) is 33.1 Å². The molecular formula is C42H40F6N10O6S2. The monoisotopic (exact) mass is 958 g/mol. The SMILES string of the molecule is Cc1cc(Nc2nccc(C(F)(F)F)n2)cc(-c2cnc(C3(O)CCC(=O)NCC3O)s2)c1.Cc1cc(Nc2nccc(C(F)(F)F)n2)cc(-c2cnc(C3(O)CCNC(=O)CC3O)s2)c1. The number of hydrogen-bond donors (Lipinski definition) is 8. The summed E-state index contributed by atoms with van der Waals surface area (Å²) in [6, 6.07) is 12.2. The minimum absolute atomic E-state index is 0.0282. The number of aliphatic hydroxyl groups is 4. The molecule has 0 bridgehead atoms. The van der Waals surface area contributed by atoms with Gasteiger partial charge in [0.1, 0.15) is 38.7 Å². The molecule has 6 aromatic rings. The number of aliphatic hydroxyl groups excluding tert-OH is 2. The van der Waals surface area contributed by atoms with Crippen molar-refractivity contribution in [2.24, 2.45) is 0 Å². The lowest BCUT2D eigenvalue weighted by Gasteiger charge is -2.28. The molecule has 2 saturated heterocycles. The van der Waals surface area contributed by atoms with Crippen LogP contribution in [0.2, 0.25) is 0 Å². The third-order valence-electron chi connectivity index (χ3n) is 10.4. The Morgan fingerprint density at radius 1 is 0.667 bits per heavy atom. The van der Waals surface area contributed by atoms with Crippen molar-refractivity contribution in [3.8, 4) is 20.9 Å². The highest BCUT2D eigenvalue weighted by molar-refractivity contribution is 7.15. The first-order valence-electron chi connectivity index (χ1n) is 19.9. The standard InChI is InChI=1S/2C21H20F3N5O3S/c1-11-6-12(8-13(7-11)28-19-26-4-2-15(29-19)21(22,23)24)14-10-27-18(33-14)20(32)3-5-25-17(31)9-16(20)30;1-11-6-12(8-13(7-11)28-19-25-5-3-15(29-19)21(22,23)24)14-9-27-18(33-14)20(32)4-2-17(31)26-10-16(20)30/h2,4,6-8,10,16,30,32H,3,5,9H2,1H3,(H,25,31)(H,26,28,29);3,5-9,16,30,32H,2,4,10H2,1H3,(H,26,31)(H,25,28,29). The van der Waals surface area contributed by atoms with Crippen LogP contribution in [0, 0.1) is 13.8 Å². The van der Waals surface area contributed by atoms with E-state index in [9.17, 15) is 56.4 Å². The number of amides is 2. The van der Waals surface area contributed by atoms with E-state index in [1.165, 1.54) is 22.7 Å². The van der Waals surface area contributed by atoms with E-state index >= 15 is 0 Å². The van der Waals surface area contributed by atoms with E-state index < -0.39 is 47.2 Å². The highest BCUT2D eigenvalue weighted by Crippen LogP contribution is 2.41. The zero-order valence-electron chi connectivity index (χ0n) is 34.7. The number of hydrogen-bond acceptors (Lipinski definition) is 16. The summed E-state index contributed by atoms with van der Waals surface area (Å²) in [4.78, 5) is 48.0. The molecule has 16 nitrogen and oxygen atoms in total. The quantitative estimate of drug-likeness (QED) is 0.0787. The number of β-amino-alcohol motifs (C(OH)–C–C–N with tert-alkyl or cyclic N) is 1. The molecule has 348 valence electrons. The molecule has 2 aromatic carbocycles. The number of aryl methyl sites for hydroxylation is 2. The van der Waals surface area contributed by atoms with Crippen molar-refractivity contribution in [3.05, 3.63) is 106 Å². The van der Waals surface area contributed by atoms with Crippen molar-refractivity contribution >= 4 is 57.8 Å². The number of alkyl halides is 6. The number of nitrogens with one attached hydrogen (secondary N) is 4. The normalized spacial score (nSPS) is 21.4. The molecule has 0 radical (unpaired) electrons. The van der Waals surface area contributed by atoms with Crippen LogP contribution >= 0.6 is 22.7 Å². The van der Waals surface area contributed by atoms with Crippen molar-refractivity contribution in [1.82, 2.24) is 40.5 Å². The fourth-order valence-corrected chi connectivity index (χ4v) is 9.17. The minimum atomic E-state index is -4.58. The van der Waals surface area contributed by atoms with Gasteiger partial charge in [-0.2, -0.15) is 26.3 Å². The third-order valence-corrected chi connectivity index (χ3v) is 12.8. The molecule has 4 aromatic heterocycles. The van der Waals surface area contributed by atoms with Crippen LogP contribution in [0.4, 0.5) is 49.6 Å². The number of halogens is 6. The van der Waals surface area contributed by atoms with Crippen molar-refractivity contribution < 1.29 is 56.4 Å².